The zero-order valence-electron chi connectivity index (χ0n) is 9.42. The summed E-state index contributed by atoms with van der Waals surface area (Å²) in [6, 6.07) is 0. The quantitative estimate of drug-likeness (QED) is 0.685. The highest BCUT2D eigenvalue weighted by atomic mass is 16.3. The van der Waals surface area contributed by atoms with Crippen LogP contribution in [-0.4, -0.2) is 11.2 Å². The summed E-state index contributed by atoms with van der Waals surface area (Å²) in [7, 11) is 0. The Balaban J connectivity index is 2.34. The maximum atomic E-state index is 9.83. The molecule has 0 saturated heterocycles. The summed E-state index contributed by atoms with van der Waals surface area (Å²) in [6.45, 7) is 4.14. The van der Waals surface area contributed by atoms with Crippen molar-refractivity contribution in [2.75, 3.05) is 0 Å². The highest BCUT2D eigenvalue weighted by Gasteiger charge is 2.27. The summed E-state index contributed by atoms with van der Waals surface area (Å²) in [5.74, 6) is 7.36. The van der Waals surface area contributed by atoms with Gasteiger partial charge >= 0.3 is 0 Å². The van der Waals surface area contributed by atoms with Crippen LogP contribution in [0.25, 0.3) is 0 Å². The van der Waals surface area contributed by atoms with E-state index in [9.17, 15) is 5.11 Å². The predicted octanol–water partition coefficient (Wildman–Crippen LogP) is 2.98. The van der Waals surface area contributed by atoms with Crippen LogP contribution >= 0.6 is 0 Å². The first-order valence-electron chi connectivity index (χ1n) is 5.85. The van der Waals surface area contributed by atoms with Crippen LogP contribution in [0.2, 0.25) is 0 Å². The van der Waals surface area contributed by atoms with Crippen LogP contribution in [0.5, 0.6) is 0 Å². The Labute approximate surface area is 87.9 Å². The lowest BCUT2D eigenvalue weighted by Gasteiger charge is -2.32. The van der Waals surface area contributed by atoms with Crippen molar-refractivity contribution in [3.05, 3.63) is 0 Å². The molecule has 0 heterocycles. The van der Waals surface area contributed by atoms with Gasteiger partial charge in [0.25, 0.3) is 0 Å². The lowest BCUT2D eigenvalue weighted by Crippen LogP contribution is -2.28. The molecule has 1 fully saturated rings. The third-order valence-electron chi connectivity index (χ3n) is 3.45. The normalized spacial score (nSPS) is 32.1. The van der Waals surface area contributed by atoms with E-state index in [1.807, 2.05) is 6.92 Å². The Kier molecular flexibility index (Phi) is 5.04. The molecule has 80 valence electrons. The minimum Gasteiger partial charge on any atom is -0.393 e. The molecule has 0 aromatic heterocycles. The summed E-state index contributed by atoms with van der Waals surface area (Å²) in [5, 5.41) is 9.83. The van der Waals surface area contributed by atoms with Gasteiger partial charge in [-0.25, -0.2) is 0 Å². The van der Waals surface area contributed by atoms with Gasteiger partial charge in [-0.3, -0.25) is 0 Å². The maximum absolute atomic E-state index is 9.83. The summed E-state index contributed by atoms with van der Waals surface area (Å²) in [6.07, 6.45) is 6.67. The van der Waals surface area contributed by atoms with E-state index in [1.54, 1.807) is 0 Å². The standard InChI is InChI=1S/C13H22O/c1-3-5-6-7-12-10-11(4-2)8-9-13(12)14/h11-14H,4,6-10H2,1-2H3. The average Bonchev–Trinajstić information content (AvgIpc) is 2.21. The van der Waals surface area contributed by atoms with Crippen molar-refractivity contribution in [2.45, 2.75) is 58.5 Å². The van der Waals surface area contributed by atoms with Gasteiger partial charge in [0.2, 0.25) is 0 Å². The van der Waals surface area contributed by atoms with Gasteiger partial charge in [0.1, 0.15) is 0 Å². The van der Waals surface area contributed by atoms with E-state index >= 15 is 0 Å². The second kappa shape index (κ2) is 6.09. The fourth-order valence-electron chi connectivity index (χ4n) is 2.41. The van der Waals surface area contributed by atoms with Crippen LogP contribution in [0.1, 0.15) is 52.4 Å². The van der Waals surface area contributed by atoms with E-state index in [2.05, 4.69) is 18.8 Å². The summed E-state index contributed by atoms with van der Waals surface area (Å²) in [5.41, 5.74) is 0. The molecule has 3 atom stereocenters. The Hall–Kier alpha value is -0.480. The molecule has 3 unspecified atom stereocenters. The third kappa shape index (κ3) is 3.35. The monoisotopic (exact) mass is 194 g/mol. The van der Waals surface area contributed by atoms with Crippen molar-refractivity contribution in [3.63, 3.8) is 0 Å². The third-order valence-corrected chi connectivity index (χ3v) is 3.45. The molecule has 1 aliphatic rings. The minimum atomic E-state index is -0.0588. The zero-order chi connectivity index (χ0) is 10.4. The molecule has 1 aliphatic carbocycles. The van der Waals surface area contributed by atoms with Gasteiger partial charge < -0.3 is 5.11 Å². The van der Waals surface area contributed by atoms with Crippen LogP contribution in [-0.2, 0) is 0 Å². The highest BCUT2D eigenvalue weighted by Crippen LogP contribution is 2.33. The second-order valence-electron chi connectivity index (χ2n) is 4.38. The fourth-order valence-corrected chi connectivity index (χ4v) is 2.41. The first-order chi connectivity index (χ1) is 6.77. The van der Waals surface area contributed by atoms with Crippen molar-refractivity contribution < 1.29 is 5.11 Å². The number of rotatable bonds is 3. The van der Waals surface area contributed by atoms with Crippen molar-refractivity contribution in [3.8, 4) is 11.8 Å². The minimum absolute atomic E-state index is 0.0588. The number of aliphatic hydroxyl groups excluding tert-OH is 1. The predicted molar refractivity (Wildman–Crippen MR) is 59.8 cm³/mol. The molecular weight excluding hydrogens is 172 g/mol. The van der Waals surface area contributed by atoms with Crippen molar-refractivity contribution in [1.82, 2.24) is 0 Å². The molecule has 0 aromatic rings. The molecule has 14 heavy (non-hydrogen) atoms. The fraction of sp³-hybridized carbons (Fsp3) is 0.846. The van der Waals surface area contributed by atoms with Gasteiger partial charge in [0, 0.05) is 6.42 Å². The molecule has 1 heteroatoms. The molecule has 0 aliphatic heterocycles. The van der Waals surface area contributed by atoms with Gasteiger partial charge in [0.05, 0.1) is 6.10 Å². The Bertz CT molecular complexity index is 211. The van der Waals surface area contributed by atoms with Crippen LogP contribution in [0.15, 0.2) is 0 Å². The highest BCUT2D eigenvalue weighted by molar-refractivity contribution is 4.95. The molecule has 0 bridgehead atoms. The Morgan fingerprint density at radius 2 is 2.14 bits per heavy atom. The lowest BCUT2D eigenvalue weighted by molar-refractivity contribution is 0.0438. The van der Waals surface area contributed by atoms with Crippen LogP contribution in [0.3, 0.4) is 0 Å². The topological polar surface area (TPSA) is 20.2 Å². The van der Waals surface area contributed by atoms with Crippen LogP contribution in [0.4, 0.5) is 0 Å². The molecule has 0 amide bonds. The zero-order valence-corrected chi connectivity index (χ0v) is 9.42. The first-order valence-corrected chi connectivity index (χ1v) is 5.85. The molecule has 1 rings (SSSR count). The van der Waals surface area contributed by atoms with Crippen molar-refractivity contribution in [1.29, 1.82) is 0 Å². The largest absolute Gasteiger partial charge is 0.393 e. The molecule has 1 saturated carbocycles. The van der Waals surface area contributed by atoms with E-state index in [4.69, 9.17) is 0 Å². The number of aliphatic hydroxyl groups is 1. The van der Waals surface area contributed by atoms with Gasteiger partial charge in [0.15, 0.2) is 0 Å². The van der Waals surface area contributed by atoms with Gasteiger partial charge in [-0.1, -0.05) is 13.3 Å². The lowest BCUT2D eigenvalue weighted by atomic mass is 9.76. The van der Waals surface area contributed by atoms with Crippen LogP contribution in [0, 0.1) is 23.7 Å². The SMILES string of the molecule is CC#CCCC1CC(CC)CCC1O. The van der Waals surface area contributed by atoms with E-state index in [1.165, 1.54) is 19.3 Å². The van der Waals surface area contributed by atoms with E-state index < -0.39 is 0 Å². The summed E-state index contributed by atoms with van der Waals surface area (Å²) >= 11 is 0. The first kappa shape index (κ1) is 11.6. The summed E-state index contributed by atoms with van der Waals surface area (Å²) in [4.78, 5) is 0. The van der Waals surface area contributed by atoms with E-state index in [0.717, 1.165) is 25.2 Å². The van der Waals surface area contributed by atoms with Gasteiger partial charge in [-0.2, -0.15) is 0 Å². The molecule has 1 N–H and O–H groups in total. The molecule has 1 nitrogen and oxygen atoms in total. The van der Waals surface area contributed by atoms with Crippen molar-refractivity contribution in [2.24, 2.45) is 11.8 Å². The second-order valence-corrected chi connectivity index (χ2v) is 4.38. The summed E-state index contributed by atoms with van der Waals surface area (Å²) < 4.78 is 0. The molecule has 0 radical (unpaired) electrons. The number of hydrogen-bond donors (Lipinski definition) is 1. The maximum Gasteiger partial charge on any atom is 0.0568 e. The molecular formula is C13H22O. The Morgan fingerprint density at radius 1 is 1.36 bits per heavy atom. The van der Waals surface area contributed by atoms with Crippen LogP contribution < -0.4 is 0 Å². The van der Waals surface area contributed by atoms with Gasteiger partial charge in [-0.05, 0) is 44.4 Å². The van der Waals surface area contributed by atoms with Crippen molar-refractivity contribution >= 4 is 0 Å². The molecule has 0 spiro atoms. The number of hydrogen-bond acceptors (Lipinski definition) is 1. The van der Waals surface area contributed by atoms with E-state index in [-0.39, 0.29) is 6.10 Å². The van der Waals surface area contributed by atoms with E-state index in [0.29, 0.717) is 5.92 Å². The Morgan fingerprint density at radius 3 is 2.79 bits per heavy atom. The van der Waals surface area contributed by atoms with Gasteiger partial charge in [-0.15, -0.1) is 11.8 Å². The smallest absolute Gasteiger partial charge is 0.0568 e. The average molecular weight is 194 g/mol. The molecule has 0 aromatic carbocycles.